The number of carboxylic acids is 1. The molecule has 62 valence electrons. The van der Waals surface area contributed by atoms with E-state index in [0.717, 1.165) is 0 Å². The molecule has 1 aliphatic heterocycles. The quantitative estimate of drug-likeness (QED) is 0.587. The van der Waals surface area contributed by atoms with Crippen molar-refractivity contribution < 1.29 is 14.3 Å². The van der Waals surface area contributed by atoms with Crippen molar-refractivity contribution >= 4 is 5.97 Å². The van der Waals surface area contributed by atoms with Crippen molar-refractivity contribution in [1.82, 2.24) is 5.01 Å². The zero-order valence-corrected chi connectivity index (χ0v) is 5.61. The highest BCUT2D eigenvalue weighted by atomic mass is 19.1. The van der Waals surface area contributed by atoms with Crippen molar-refractivity contribution in [3.63, 3.8) is 0 Å². The van der Waals surface area contributed by atoms with Crippen LogP contribution in [0.15, 0.2) is 5.29 Å². The van der Waals surface area contributed by atoms with Gasteiger partial charge in [-0.2, -0.15) is 0 Å². The van der Waals surface area contributed by atoms with Crippen LogP contribution in [0.1, 0.15) is 6.42 Å². The molecule has 6 heteroatoms. The fourth-order valence-electron chi connectivity index (χ4n) is 1.09. The second-order valence-corrected chi connectivity index (χ2v) is 2.39. The number of aliphatic carboxylic acids is 1. The number of hydrogen-bond donors (Lipinski definition) is 1. The molecule has 0 radical (unpaired) electrons. The first-order chi connectivity index (χ1) is 5.15. The molecule has 1 heterocycles. The molecule has 0 saturated carbocycles. The largest absolute Gasteiger partial charge is 0.480 e. The maximum Gasteiger partial charge on any atom is 0.328 e. The molecule has 2 atom stereocenters. The minimum absolute atomic E-state index is 0.152. The lowest BCUT2D eigenvalue weighted by molar-refractivity contribution is -0.142. The lowest BCUT2D eigenvalue weighted by Gasteiger charge is -2.11. The molecule has 5 nitrogen and oxygen atoms in total. The van der Waals surface area contributed by atoms with Crippen molar-refractivity contribution in [2.75, 3.05) is 6.54 Å². The molecule has 0 aliphatic carbocycles. The Balaban J connectivity index is 2.64. The lowest BCUT2D eigenvalue weighted by atomic mass is 10.2. The van der Waals surface area contributed by atoms with E-state index in [1.165, 1.54) is 0 Å². The van der Waals surface area contributed by atoms with Crippen LogP contribution in [0.4, 0.5) is 4.39 Å². The molecule has 1 N–H and O–H groups in total. The van der Waals surface area contributed by atoms with Crippen LogP contribution in [0.3, 0.4) is 0 Å². The highest BCUT2D eigenvalue weighted by Crippen LogP contribution is 2.20. The fourth-order valence-corrected chi connectivity index (χ4v) is 1.09. The minimum atomic E-state index is -1.26. The summed E-state index contributed by atoms with van der Waals surface area (Å²) in [5, 5.41) is 11.5. The van der Waals surface area contributed by atoms with Gasteiger partial charge in [0.15, 0.2) is 6.04 Å². The summed E-state index contributed by atoms with van der Waals surface area (Å²) in [6, 6.07) is -1.08. The standard InChI is InChI=1S/C5H7FN2O3/c6-3-1-4(5(9)10)8(2-3)7-11/h3-4H,1-2H2,(H,9,10)/t3-,4-/m0/s1. The number of rotatable bonds is 2. The molecule has 1 aliphatic rings. The maximum absolute atomic E-state index is 12.5. The van der Waals surface area contributed by atoms with Crippen LogP contribution >= 0.6 is 0 Å². The van der Waals surface area contributed by atoms with E-state index in [9.17, 15) is 14.1 Å². The van der Waals surface area contributed by atoms with E-state index < -0.39 is 18.2 Å². The number of nitroso groups, excluding NO2 is 1. The summed E-state index contributed by atoms with van der Waals surface area (Å²) in [6.07, 6.45) is -1.41. The zero-order valence-electron chi connectivity index (χ0n) is 5.61. The topological polar surface area (TPSA) is 70.0 Å². The van der Waals surface area contributed by atoms with Gasteiger partial charge in [-0.05, 0) is 0 Å². The number of halogens is 1. The summed E-state index contributed by atoms with van der Waals surface area (Å²) < 4.78 is 12.5. The van der Waals surface area contributed by atoms with Crippen molar-refractivity contribution in [2.45, 2.75) is 18.6 Å². The van der Waals surface area contributed by atoms with Crippen LogP contribution in [-0.2, 0) is 4.79 Å². The predicted molar refractivity (Wildman–Crippen MR) is 33.4 cm³/mol. The third kappa shape index (κ3) is 1.44. The third-order valence-electron chi connectivity index (χ3n) is 1.61. The van der Waals surface area contributed by atoms with Crippen LogP contribution in [0.25, 0.3) is 0 Å². The Bertz CT molecular complexity index is 187. The van der Waals surface area contributed by atoms with Gasteiger partial charge in [0, 0.05) is 6.42 Å². The van der Waals surface area contributed by atoms with Crippen LogP contribution in [0, 0.1) is 4.91 Å². The lowest BCUT2D eigenvalue weighted by Crippen LogP contribution is -2.31. The number of hydrogen-bond acceptors (Lipinski definition) is 3. The summed E-state index contributed by atoms with van der Waals surface area (Å²) in [6.45, 7) is -0.208. The van der Waals surface area contributed by atoms with Gasteiger partial charge in [-0.3, -0.25) is 0 Å². The van der Waals surface area contributed by atoms with E-state index in [-0.39, 0.29) is 13.0 Å². The van der Waals surface area contributed by atoms with Gasteiger partial charge in [0.2, 0.25) is 0 Å². The normalized spacial score (nSPS) is 30.5. The Morgan fingerprint density at radius 1 is 1.73 bits per heavy atom. The molecule has 0 unspecified atom stereocenters. The molecule has 1 rings (SSSR count). The third-order valence-corrected chi connectivity index (χ3v) is 1.61. The van der Waals surface area contributed by atoms with Crippen LogP contribution in [-0.4, -0.2) is 34.8 Å². The Kier molecular flexibility index (Phi) is 2.02. The molecule has 11 heavy (non-hydrogen) atoms. The highest BCUT2D eigenvalue weighted by molar-refractivity contribution is 5.73. The summed E-state index contributed by atoms with van der Waals surface area (Å²) in [5.41, 5.74) is 0. The molecule has 0 bridgehead atoms. The molecule has 0 aromatic carbocycles. The average Bonchev–Trinajstić information content (AvgIpc) is 2.30. The van der Waals surface area contributed by atoms with E-state index in [2.05, 4.69) is 5.29 Å². The van der Waals surface area contributed by atoms with Gasteiger partial charge in [-0.25, -0.2) is 14.2 Å². The van der Waals surface area contributed by atoms with Crippen molar-refractivity contribution in [1.29, 1.82) is 0 Å². The summed E-state index contributed by atoms with van der Waals surface area (Å²) in [4.78, 5) is 20.2. The van der Waals surface area contributed by atoms with Crippen LogP contribution in [0.2, 0.25) is 0 Å². The first-order valence-corrected chi connectivity index (χ1v) is 3.12. The SMILES string of the molecule is O=NN1C[C@@H](F)C[C@H]1C(=O)O. The van der Waals surface area contributed by atoms with E-state index in [1.54, 1.807) is 0 Å². The first-order valence-electron chi connectivity index (χ1n) is 3.12. The Hall–Kier alpha value is -1.20. The molecular weight excluding hydrogens is 155 g/mol. The monoisotopic (exact) mass is 162 g/mol. The van der Waals surface area contributed by atoms with E-state index in [1.807, 2.05) is 0 Å². The highest BCUT2D eigenvalue weighted by Gasteiger charge is 2.37. The van der Waals surface area contributed by atoms with Crippen molar-refractivity contribution in [3.05, 3.63) is 4.91 Å². The van der Waals surface area contributed by atoms with E-state index in [0.29, 0.717) is 5.01 Å². The van der Waals surface area contributed by atoms with Gasteiger partial charge in [0.1, 0.15) is 6.17 Å². The Morgan fingerprint density at radius 2 is 2.36 bits per heavy atom. The summed E-state index contributed by atoms with van der Waals surface area (Å²) >= 11 is 0. The maximum atomic E-state index is 12.5. The average molecular weight is 162 g/mol. The molecular formula is C5H7FN2O3. The molecule has 1 fully saturated rings. The minimum Gasteiger partial charge on any atom is -0.480 e. The molecule has 0 spiro atoms. The Morgan fingerprint density at radius 3 is 2.73 bits per heavy atom. The summed E-state index contributed by atoms with van der Waals surface area (Å²) in [7, 11) is 0. The smallest absolute Gasteiger partial charge is 0.328 e. The predicted octanol–water partition coefficient (Wildman–Crippen LogP) is 0.165. The van der Waals surface area contributed by atoms with E-state index >= 15 is 0 Å². The number of alkyl halides is 1. The van der Waals surface area contributed by atoms with Gasteiger partial charge < -0.3 is 5.11 Å². The zero-order chi connectivity index (χ0) is 8.43. The fraction of sp³-hybridized carbons (Fsp3) is 0.800. The van der Waals surface area contributed by atoms with Gasteiger partial charge in [-0.15, -0.1) is 4.91 Å². The Labute approximate surface area is 61.7 Å². The van der Waals surface area contributed by atoms with Gasteiger partial charge in [0.05, 0.1) is 11.8 Å². The first kappa shape index (κ1) is 7.90. The number of nitrogens with zero attached hydrogens (tertiary/aromatic N) is 2. The summed E-state index contributed by atoms with van der Waals surface area (Å²) in [5.74, 6) is -1.20. The molecule has 1 saturated heterocycles. The second-order valence-electron chi connectivity index (χ2n) is 2.39. The van der Waals surface area contributed by atoms with Crippen molar-refractivity contribution in [3.8, 4) is 0 Å². The van der Waals surface area contributed by atoms with Crippen LogP contribution in [0.5, 0.6) is 0 Å². The molecule has 0 amide bonds. The van der Waals surface area contributed by atoms with Crippen LogP contribution < -0.4 is 0 Å². The number of carbonyl (C=O) groups is 1. The van der Waals surface area contributed by atoms with Gasteiger partial charge >= 0.3 is 5.97 Å². The molecule has 0 aromatic heterocycles. The van der Waals surface area contributed by atoms with Crippen molar-refractivity contribution in [2.24, 2.45) is 5.29 Å². The second kappa shape index (κ2) is 2.81. The number of carboxylic acid groups (broad SMARTS) is 1. The van der Waals surface area contributed by atoms with Gasteiger partial charge in [-0.1, -0.05) is 0 Å². The van der Waals surface area contributed by atoms with E-state index in [4.69, 9.17) is 5.11 Å². The van der Waals surface area contributed by atoms with Gasteiger partial charge in [0.25, 0.3) is 0 Å². The molecule has 0 aromatic rings.